The number of aryl methyl sites for hydroxylation is 1. The molecule has 0 bridgehead atoms. The minimum Gasteiger partial charge on any atom is -0.310 e. The molecule has 1 aliphatic carbocycles. The fraction of sp³-hybridized carbons (Fsp3) is 0.769. The minimum absolute atomic E-state index is 0.479. The number of nitrogens with zero attached hydrogens (tertiary/aromatic N) is 2. The summed E-state index contributed by atoms with van der Waals surface area (Å²) in [6.07, 6.45) is 11.2. The van der Waals surface area contributed by atoms with Crippen molar-refractivity contribution in [3.05, 3.63) is 18.0 Å². The molecule has 96 valence electrons. The number of hydrogen-bond donors (Lipinski definition) is 1. The van der Waals surface area contributed by atoms with Gasteiger partial charge in [0.1, 0.15) is 0 Å². The minimum atomic E-state index is 0.479. The van der Waals surface area contributed by atoms with E-state index in [1.165, 1.54) is 32.1 Å². The number of thioether (sulfide) groups is 1. The van der Waals surface area contributed by atoms with Crippen LogP contribution in [0.25, 0.3) is 0 Å². The van der Waals surface area contributed by atoms with E-state index in [4.69, 9.17) is 0 Å². The standard InChI is InChI=1S/C13H23N3S/c1-16-9-6-12(15-16)10-14-11-13(17-2)7-4-3-5-8-13/h6,9,14H,3-5,7-8,10-11H2,1-2H3. The zero-order valence-electron chi connectivity index (χ0n) is 10.9. The molecule has 3 nitrogen and oxygen atoms in total. The summed E-state index contributed by atoms with van der Waals surface area (Å²) in [5.74, 6) is 0. The molecule has 1 N–H and O–H groups in total. The Kier molecular flexibility index (Phi) is 4.51. The SMILES string of the molecule is CSC1(CNCc2ccn(C)n2)CCCCC1. The molecule has 1 aromatic rings. The Labute approximate surface area is 108 Å². The molecule has 0 amide bonds. The molecule has 0 aliphatic heterocycles. The highest BCUT2D eigenvalue weighted by Gasteiger charge is 2.30. The van der Waals surface area contributed by atoms with Crippen molar-refractivity contribution in [3.8, 4) is 0 Å². The van der Waals surface area contributed by atoms with Crippen LogP contribution >= 0.6 is 11.8 Å². The molecule has 4 heteroatoms. The first-order chi connectivity index (χ1) is 8.24. The quantitative estimate of drug-likeness (QED) is 0.874. The van der Waals surface area contributed by atoms with E-state index in [1.807, 2.05) is 29.7 Å². The van der Waals surface area contributed by atoms with Gasteiger partial charge in [-0.15, -0.1) is 0 Å². The fourth-order valence-corrected chi connectivity index (χ4v) is 3.57. The number of hydrogen-bond acceptors (Lipinski definition) is 3. The van der Waals surface area contributed by atoms with Gasteiger partial charge >= 0.3 is 0 Å². The van der Waals surface area contributed by atoms with Crippen LogP contribution < -0.4 is 5.32 Å². The first-order valence-corrected chi connectivity index (χ1v) is 7.71. The van der Waals surface area contributed by atoms with Crippen molar-refractivity contribution in [2.24, 2.45) is 7.05 Å². The summed E-state index contributed by atoms with van der Waals surface area (Å²) in [5.41, 5.74) is 1.14. The topological polar surface area (TPSA) is 29.9 Å². The molecular formula is C13H23N3S. The van der Waals surface area contributed by atoms with E-state index in [0.29, 0.717) is 4.75 Å². The predicted octanol–water partition coefficient (Wildman–Crippen LogP) is 2.58. The number of aromatic nitrogens is 2. The van der Waals surface area contributed by atoms with Crippen LogP contribution in [0, 0.1) is 0 Å². The molecular weight excluding hydrogens is 230 g/mol. The maximum atomic E-state index is 4.39. The van der Waals surface area contributed by atoms with Crippen LogP contribution in [-0.2, 0) is 13.6 Å². The van der Waals surface area contributed by atoms with E-state index in [-0.39, 0.29) is 0 Å². The van der Waals surface area contributed by atoms with E-state index in [9.17, 15) is 0 Å². The summed E-state index contributed by atoms with van der Waals surface area (Å²) < 4.78 is 2.34. The van der Waals surface area contributed by atoms with Gasteiger partial charge in [-0.2, -0.15) is 16.9 Å². The van der Waals surface area contributed by atoms with Crippen LogP contribution in [-0.4, -0.2) is 27.3 Å². The zero-order valence-corrected chi connectivity index (χ0v) is 11.7. The monoisotopic (exact) mass is 253 g/mol. The maximum absolute atomic E-state index is 4.39. The Morgan fingerprint density at radius 2 is 2.18 bits per heavy atom. The van der Waals surface area contributed by atoms with Crippen molar-refractivity contribution >= 4 is 11.8 Å². The van der Waals surface area contributed by atoms with Crippen LogP contribution in [0.5, 0.6) is 0 Å². The average Bonchev–Trinajstić information content (AvgIpc) is 2.76. The Bertz CT molecular complexity index is 342. The molecule has 0 spiro atoms. The Morgan fingerprint density at radius 3 is 2.76 bits per heavy atom. The van der Waals surface area contributed by atoms with Crippen molar-refractivity contribution < 1.29 is 0 Å². The lowest BCUT2D eigenvalue weighted by Gasteiger charge is -2.36. The van der Waals surface area contributed by atoms with Crippen molar-refractivity contribution in [3.63, 3.8) is 0 Å². The van der Waals surface area contributed by atoms with Crippen LogP contribution in [0.1, 0.15) is 37.8 Å². The van der Waals surface area contributed by atoms with Gasteiger partial charge in [0.05, 0.1) is 5.69 Å². The molecule has 2 rings (SSSR count). The normalized spacial score (nSPS) is 19.4. The Morgan fingerprint density at radius 1 is 1.41 bits per heavy atom. The van der Waals surface area contributed by atoms with E-state index in [0.717, 1.165) is 18.8 Å². The third-order valence-corrected chi connectivity index (χ3v) is 5.14. The zero-order chi connectivity index (χ0) is 12.1. The number of rotatable bonds is 5. The highest BCUT2D eigenvalue weighted by molar-refractivity contribution is 8.00. The highest BCUT2D eigenvalue weighted by atomic mass is 32.2. The van der Waals surface area contributed by atoms with Crippen molar-refractivity contribution in [2.75, 3.05) is 12.8 Å². The summed E-state index contributed by atoms with van der Waals surface area (Å²) in [6, 6.07) is 2.08. The Hall–Kier alpha value is -0.480. The van der Waals surface area contributed by atoms with E-state index >= 15 is 0 Å². The van der Waals surface area contributed by atoms with Crippen LogP contribution in [0.15, 0.2) is 12.3 Å². The van der Waals surface area contributed by atoms with Gasteiger partial charge in [-0.1, -0.05) is 19.3 Å². The van der Waals surface area contributed by atoms with Gasteiger partial charge in [0.2, 0.25) is 0 Å². The molecule has 17 heavy (non-hydrogen) atoms. The molecule has 0 radical (unpaired) electrons. The third-order valence-electron chi connectivity index (χ3n) is 3.72. The van der Waals surface area contributed by atoms with Crippen LogP contribution in [0.4, 0.5) is 0 Å². The molecule has 1 saturated carbocycles. The first kappa shape index (κ1) is 13.0. The molecule has 0 saturated heterocycles. The van der Waals surface area contributed by atoms with E-state index in [2.05, 4.69) is 22.7 Å². The average molecular weight is 253 g/mol. The molecule has 0 aromatic carbocycles. The summed E-state index contributed by atoms with van der Waals surface area (Å²) >= 11 is 2.05. The second kappa shape index (κ2) is 5.91. The second-order valence-corrected chi connectivity index (χ2v) is 6.31. The van der Waals surface area contributed by atoms with E-state index in [1.54, 1.807) is 0 Å². The van der Waals surface area contributed by atoms with Gasteiger partial charge in [0.15, 0.2) is 0 Å². The van der Waals surface area contributed by atoms with Gasteiger partial charge in [-0.25, -0.2) is 0 Å². The first-order valence-electron chi connectivity index (χ1n) is 6.48. The summed E-state index contributed by atoms with van der Waals surface area (Å²) in [5, 5.41) is 7.97. The van der Waals surface area contributed by atoms with Crippen molar-refractivity contribution in [2.45, 2.75) is 43.4 Å². The summed E-state index contributed by atoms with van der Waals surface area (Å²) in [6.45, 7) is 2.01. The lowest BCUT2D eigenvalue weighted by Crippen LogP contribution is -2.39. The maximum Gasteiger partial charge on any atom is 0.0762 e. The third kappa shape index (κ3) is 3.49. The van der Waals surface area contributed by atoms with Crippen LogP contribution in [0.2, 0.25) is 0 Å². The van der Waals surface area contributed by atoms with E-state index < -0.39 is 0 Å². The largest absolute Gasteiger partial charge is 0.310 e. The fourth-order valence-electron chi connectivity index (χ4n) is 2.63. The lowest BCUT2D eigenvalue weighted by atomic mass is 9.88. The molecule has 1 aliphatic rings. The smallest absolute Gasteiger partial charge is 0.0762 e. The van der Waals surface area contributed by atoms with Crippen molar-refractivity contribution in [1.82, 2.24) is 15.1 Å². The van der Waals surface area contributed by atoms with Gasteiger partial charge in [0.25, 0.3) is 0 Å². The highest BCUT2D eigenvalue weighted by Crippen LogP contribution is 2.37. The molecule has 1 heterocycles. The van der Waals surface area contributed by atoms with Crippen molar-refractivity contribution in [1.29, 1.82) is 0 Å². The molecule has 1 fully saturated rings. The molecule has 0 atom stereocenters. The molecule has 0 unspecified atom stereocenters. The predicted molar refractivity (Wildman–Crippen MR) is 74.2 cm³/mol. The van der Waals surface area contributed by atoms with Gasteiger partial charge < -0.3 is 5.32 Å². The second-order valence-electron chi connectivity index (χ2n) is 5.03. The summed E-state index contributed by atoms with van der Waals surface area (Å²) in [4.78, 5) is 0. The van der Waals surface area contributed by atoms with Gasteiger partial charge in [-0.05, 0) is 25.2 Å². The Balaban J connectivity index is 1.79. The van der Waals surface area contributed by atoms with Gasteiger partial charge in [0, 0.05) is 31.1 Å². The van der Waals surface area contributed by atoms with Crippen LogP contribution in [0.3, 0.4) is 0 Å². The molecule has 1 aromatic heterocycles. The lowest BCUT2D eigenvalue weighted by molar-refractivity contribution is 0.378. The van der Waals surface area contributed by atoms with Gasteiger partial charge in [-0.3, -0.25) is 4.68 Å². The summed E-state index contributed by atoms with van der Waals surface area (Å²) in [7, 11) is 1.97. The number of nitrogens with one attached hydrogen (secondary N) is 1.